The van der Waals surface area contributed by atoms with E-state index in [1.54, 1.807) is 24.1 Å². The van der Waals surface area contributed by atoms with Crippen LogP contribution in [-0.4, -0.2) is 24.7 Å². The van der Waals surface area contributed by atoms with Crippen LogP contribution in [0.1, 0.15) is 21.3 Å². The molecule has 0 bridgehead atoms. The Kier molecular flexibility index (Phi) is 4.25. The van der Waals surface area contributed by atoms with Crippen molar-refractivity contribution >= 4 is 29.3 Å². The molecule has 1 atom stereocenters. The number of thioether (sulfide) groups is 1. The van der Waals surface area contributed by atoms with Gasteiger partial charge in [-0.1, -0.05) is 24.3 Å². The molecule has 0 aliphatic carbocycles. The van der Waals surface area contributed by atoms with Gasteiger partial charge in [0.15, 0.2) is 0 Å². The first-order chi connectivity index (χ1) is 11.1. The third kappa shape index (κ3) is 3.03. The normalized spacial score (nSPS) is 17.3. The van der Waals surface area contributed by atoms with Gasteiger partial charge in [-0.25, -0.2) is 0 Å². The molecule has 23 heavy (non-hydrogen) atoms. The van der Waals surface area contributed by atoms with Crippen LogP contribution >= 0.6 is 11.8 Å². The minimum Gasteiger partial charge on any atom is -0.545 e. The molecule has 0 spiro atoms. The number of carboxylic acids is 1. The Morgan fingerprint density at radius 3 is 2.65 bits per heavy atom. The summed E-state index contributed by atoms with van der Waals surface area (Å²) < 4.78 is 5.15. The number of nitrogens with zero attached hydrogens (tertiary/aromatic N) is 1. The molecule has 2 aromatic rings. The lowest BCUT2D eigenvalue weighted by Crippen LogP contribution is -2.28. The molecule has 2 aromatic carbocycles. The topological polar surface area (TPSA) is 69.7 Å². The molecular weight excluding hydrogens is 314 g/mol. The molecule has 1 fully saturated rings. The van der Waals surface area contributed by atoms with Gasteiger partial charge in [0.2, 0.25) is 5.91 Å². The molecular formula is C17H14NO4S-. The maximum absolute atomic E-state index is 12.3. The van der Waals surface area contributed by atoms with Crippen LogP contribution < -0.4 is 14.7 Å². The highest BCUT2D eigenvalue weighted by molar-refractivity contribution is 8.00. The molecule has 1 amide bonds. The van der Waals surface area contributed by atoms with E-state index in [-0.39, 0.29) is 16.8 Å². The van der Waals surface area contributed by atoms with Crippen molar-refractivity contribution in [1.82, 2.24) is 0 Å². The van der Waals surface area contributed by atoms with Gasteiger partial charge in [0.25, 0.3) is 0 Å². The number of carbonyl (C=O) groups excluding carboxylic acids is 2. The first kappa shape index (κ1) is 15.4. The predicted octanol–water partition coefficient (Wildman–Crippen LogP) is 1.84. The number of carboxylic acid groups (broad SMARTS) is 1. The van der Waals surface area contributed by atoms with E-state index >= 15 is 0 Å². The minimum atomic E-state index is -1.26. The minimum absolute atomic E-state index is 0.0497. The summed E-state index contributed by atoms with van der Waals surface area (Å²) in [6, 6.07) is 13.8. The summed E-state index contributed by atoms with van der Waals surface area (Å²) in [6.07, 6.45) is 0. The second kappa shape index (κ2) is 6.34. The maximum Gasteiger partial charge on any atom is 0.238 e. The summed E-state index contributed by atoms with van der Waals surface area (Å²) in [6.45, 7) is 0. The van der Waals surface area contributed by atoms with Crippen molar-refractivity contribution in [3.63, 3.8) is 0 Å². The van der Waals surface area contributed by atoms with Crippen molar-refractivity contribution in [3.8, 4) is 5.75 Å². The van der Waals surface area contributed by atoms with Gasteiger partial charge in [0, 0.05) is 5.69 Å². The molecule has 1 aliphatic rings. The van der Waals surface area contributed by atoms with Crippen LogP contribution in [-0.2, 0) is 4.79 Å². The Balaban J connectivity index is 1.96. The number of amides is 1. The molecule has 0 unspecified atom stereocenters. The Morgan fingerprint density at radius 2 is 2.00 bits per heavy atom. The number of methoxy groups -OCH3 is 1. The number of carbonyl (C=O) groups is 2. The van der Waals surface area contributed by atoms with E-state index in [9.17, 15) is 14.7 Å². The molecule has 1 saturated heterocycles. The van der Waals surface area contributed by atoms with Crippen molar-refractivity contribution in [2.24, 2.45) is 0 Å². The highest BCUT2D eigenvalue weighted by Crippen LogP contribution is 2.42. The number of aromatic carboxylic acids is 1. The average molecular weight is 328 g/mol. The van der Waals surface area contributed by atoms with Gasteiger partial charge in [-0.15, -0.1) is 11.8 Å². The van der Waals surface area contributed by atoms with E-state index in [1.807, 2.05) is 24.3 Å². The Labute approximate surface area is 137 Å². The molecule has 1 aliphatic heterocycles. The van der Waals surface area contributed by atoms with Gasteiger partial charge in [0.05, 0.1) is 18.8 Å². The quantitative estimate of drug-likeness (QED) is 0.856. The lowest BCUT2D eigenvalue weighted by atomic mass is 10.1. The fourth-order valence-electron chi connectivity index (χ4n) is 2.50. The number of rotatable bonds is 4. The standard InChI is InChI=1S/C17H15NO4S/c1-22-14-7-5-11(6-8-14)16-18(15(19)10-23-16)13-4-2-3-12(9-13)17(20)21/h2-9,16H,10H2,1H3,(H,20,21)/p-1/t16-/m1/s1. The van der Waals surface area contributed by atoms with E-state index < -0.39 is 5.97 Å². The first-order valence-corrected chi connectivity index (χ1v) is 8.04. The molecule has 3 rings (SSSR count). The van der Waals surface area contributed by atoms with E-state index in [4.69, 9.17) is 4.74 Å². The summed E-state index contributed by atoms with van der Waals surface area (Å²) >= 11 is 1.51. The second-order valence-electron chi connectivity index (χ2n) is 5.04. The predicted molar refractivity (Wildman–Crippen MR) is 86.5 cm³/mol. The fourth-order valence-corrected chi connectivity index (χ4v) is 3.68. The molecule has 0 aromatic heterocycles. The van der Waals surface area contributed by atoms with E-state index in [0.717, 1.165) is 11.3 Å². The summed E-state index contributed by atoms with van der Waals surface area (Å²) in [7, 11) is 1.60. The number of ether oxygens (including phenoxy) is 1. The highest BCUT2D eigenvalue weighted by atomic mass is 32.2. The highest BCUT2D eigenvalue weighted by Gasteiger charge is 2.34. The number of anilines is 1. The summed E-state index contributed by atoms with van der Waals surface area (Å²) in [5, 5.41) is 10.8. The van der Waals surface area contributed by atoms with Crippen LogP contribution in [0.15, 0.2) is 48.5 Å². The molecule has 0 N–H and O–H groups in total. The van der Waals surface area contributed by atoms with Gasteiger partial charge < -0.3 is 14.6 Å². The van der Waals surface area contributed by atoms with Crippen molar-refractivity contribution in [1.29, 1.82) is 0 Å². The fraction of sp³-hybridized carbons (Fsp3) is 0.176. The van der Waals surface area contributed by atoms with Gasteiger partial charge in [-0.05, 0) is 35.4 Å². The van der Waals surface area contributed by atoms with Crippen LogP contribution in [0.3, 0.4) is 0 Å². The lowest BCUT2D eigenvalue weighted by Gasteiger charge is -2.25. The molecule has 1 heterocycles. The molecule has 5 nitrogen and oxygen atoms in total. The van der Waals surface area contributed by atoms with Crippen molar-refractivity contribution < 1.29 is 19.4 Å². The van der Waals surface area contributed by atoms with Crippen molar-refractivity contribution in [3.05, 3.63) is 59.7 Å². The number of benzene rings is 2. The van der Waals surface area contributed by atoms with Crippen LogP contribution in [0.4, 0.5) is 5.69 Å². The molecule has 6 heteroatoms. The van der Waals surface area contributed by atoms with Crippen LogP contribution in [0.25, 0.3) is 0 Å². The second-order valence-corrected chi connectivity index (χ2v) is 6.11. The molecule has 0 radical (unpaired) electrons. The first-order valence-electron chi connectivity index (χ1n) is 6.99. The van der Waals surface area contributed by atoms with Gasteiger partial charge in [-0.2, -0.15) is 0 Å². The zero-order chi connectivity index (χ0) is 16.4. The van der Waals surface area contributed by atoms with E-state index in [0.29, 0.717) is 11.4 Å². The molecule has 0 saturated carbocycles. The SMILES string of the molecule is COc1ccc([C@H]2SCC(=O)N2c2cccc(C(=O)[O-])c2)cc1. The largest absolute Gasteiger partial charge is 0.545 e. The zero-order valence-corrected chi connectivity index (χ0v) is 13.2. The number of hydrogen-bond donors (Lipinski definition) is 0. The van der Waals surface area contributed by atoms with Gasteiger partial charge in [-0.3, -0.25) is 9.69 Å². The third-order valence-corrected chi connectivity index (χ3v) is 4.84. The van der Waals surface area contributed by atoms with Crippen LogP contribution in [0, 0.1) is 0 Å². The van der Waals surface area contributed by atoms with Crippen molar-refractivity contribution in [2.45, 2.75) is 5.37 Å². The Hall–Kier alpha value is -2.47. The zero-order valence-electron chi connectivity index (χ0n) is 12.4. The van der Waals surface area contributed by atoms with E-state index in [1.165, 1.54) is 23.9 Å². The van der Waals surface area contributed by atoms with E-state index in [2.05, 4.69) is 0 Å². The van der Waals surface area contributed by atoms with Crippen molar-refractivity contribution in [2.75, 3.05) is 17.8 Å². The van der Waals surface area contributed by atoms with Gasteiger partial charge in [0.1, 0.15) is 11.1 Å². The average Bonchev–Trinajstić information content (AvgIpc) is 2.96. The van der Waals surface area contributed by atoms with Crippen LogP contribution in [0.2, 0.25) is 0 Å². The Bertz CT molecular complexity index is 745. The Morgan fingerprint density at radius 1 is 1.26 bits per heavy atom. The maximum atomic E-state index is 12.3. The number of hydrogen-bond acceptors (Lipinski definition) is 5. The third-order valence-electron chi connectivity index (χ3n) is 3.63. The van der Waals surface area contributed by atoms with Gasteiger partial charge >= 0.3 is 0 Å². The van der Waals surface area contributed by atoms with Crippen LogP contribution in [0.5, 0.6) is 5.75 Å². The molecule has 118 valence electrons. The summed E-state index contributed by atoms with van der Waals surface area (Å²) in [5.41, 5.74) is 1.57. The smallest absolute Gasteiger partial charge is 0.238 e. The summed E-state index contributed by atoms with van der Waals surface area (Å²) in [4.78, 5) is 24.9. The monoisotopic (exact) mass is 328 g/mol. The summed E-state index contributed by atoms with van der Waals surface area (Å²) in [5.74, 6) is -0.210. The lowest BCUT2D eigenvalue weighted by molar-refractivity contribution is -0.255.